The Labute approximate surface area is 175 Å². The van der Waals surface area contributed by atoms with Crippen molar-refractivity contribution in [2.24, 2.45) is 0 Å². The summed E-state index contributed by atoms with van der Waals surface area (Å²) in [7, 11) is 0. The molecule has 0 saturated carbocycles. The summed E-state index contributed by atoms with van der Waals surface area (Å²) in [6, 6.07) is 13.3. The first kappa shape index (κ1) is 19.5. The number of thiophene rings is 1. The average Bonchev–Trinajstić information content (AvgIpc) is 3.46. The van der Waals surface area contributed by atoms with Gasteiger partial charge in [-0.1, -0.05) is 6.07 Å². The molecule has 0 unspecified atom stereocenters. The fraction of sp³-hybridized carbons (Fsp3) is 0.150. The number of nitriles is 1. The Morgan fingerprint density at radius 3 is 2.77 bits per heavy atom. The quantitative estimate of drug-likeness (QED) is 0.510. The topological polar surface area (TPSA) is 101 Å². The van der Waals surface area contributed by atoms with Crippen molar-refractivity contribution in [3.8, 4) is 22.5 Å². The number of rotatable bonds is 6. The van der Waals surface area contributed by atoms with Crippen LogP contribution in [0.15, 0.2) is 47.8 Å². The minimum absolute atomic E-state index is 0.0339. The maximum absolute atomic E-state index is 13.3. The number of hydrogen-bond acceptors (Lipinski definition) is 6. The third-order valence-electron chi connectivity index (χ3n) is 4.20. The molecule has 0 saturated heterocycles. The van der Waals surface area contributed by atoms with Gasteiger partial charge in [0.05, 0.1) is 35.3 Å². The van der Waals surface area contributed by atoms with Crippen LogP contribution >= 0.6 is 11.3 Å². The van der Waals surface area contributed by atoms with Crippen LogP contribution in [-0.2, 0) is 6.54 Å². The number of anilines is 1. The summed E-state index contributed by atoms with van der Waals surface area (Å²) in [6.07, 6.45) is 0.268. The Kier molecular flexibility index (Phi) is 5.36. The van der Waals surface area contributed by atoms with Crippen LogP contribution in [0, 0.1) is 24.1 Å². The normalized spacial score (nSPS) is 10.7. The molecule has 150 valence electrons. The molecular weight excluding hydrogens is 405 g/mol. The largest absolute Gasteiger partial charge is 0.304 e. The van der Waals surface area contributed by atoms with Crippen LogP contribution in [0.1, 0.15) is 22.7 Å². The molecule has 1 N–H and O–H groups in total. The van der Waals surface area contributed by atoms with E-state index in [4.69, 9.17) is 5.26 Å². The molecule has 3 aromatic heterocycles. The summed E-state index contributed by atoms with van der Waals surface area (Å²) in [5.41, 5.74) is 1.30. The van der Waals surface area contributed by atoms with Crippen molar-refractivity contribution in [1.82, 2.24) is 24.5 Å². The lowest BCUT2D eigenvalue weighted by molar-refractivity contribution is 0.101. The molecule has 0 atom stereocenters. The molecule has 0 fully saturated rings. The maximum atomic E-state index is 13.3. The molecule has 0 radical (unpaired) electrons. The maximum Gasteiger partial charge on any atom is 0.296 e. The Hall–Kier alpha value is -3.84. The van der Waals surface area contributed by atoms with E-state index in [-0.39, 0.29) is 18.1 Å². The molecule has 0 aliphatic rings. The number of carbonyl (C=O) groups excluding carboxylic acids is 1. The predicted octanol–water partition coefficient (Wildman–Crippen LogP) is 3.81. The third kappa shape index (κ3) is 3.97. The van der Waals surface area contributed by atoms with Gasteiger partial charge in [0, 0.05) is 6.07 Å². The van der Waals surface area contributed by atoms with Gasteiger partial charge in [0.2, 0.25) is 5.82 Å². The first-order chi connectivity index (χ1) is 14.5. The smallest absolute Gasteiger partial charge is 0.296 e. The van der Waals surface area contributed by atoms with Crippen molar-refractivity contribution < 1.29 is 9.18 Å². The first-order valence-electron chi connectivity index (χ1n) is 9.05. The van der Waals surface area contributed by atoms with E-state index < -0.39 is 5.91 Å². The highest BCUT2D eigenvalue weighted by molar-refractivity contribution is 7.13. The van der Waals surface area contributed by atoms with Gasteiger partial charge in [0.1, 0.15) is 11.6 Å². The number of hydrogen-bond donors (Lipinski definition) is 1. The molecule has 30 heavy (non-hydrogen) atoms. The minimum Gasteiger partial charge on any atom is -0.304 e. The number of carbonyl (C=O) groups is 1. The molecule has 10 heteroatoms. The lowest BCUT2D eigenvalue weighted by Crippen LogP contribution is -2.17. The van der Waals surface area contributed by atoms with E-state index in [2.05, 4.69) is 26.6 Å². The molecule has 1 amide bonds. The van der Waals surface area contributed by atoms with Crippen molar-refractivity contribution in [1.29, 1.82) is 5.26 Å². The van der Waals surface area contributed by atoms with Gasteiger partial charge in [-0.3, -0.25) is 4.79 Å². The molecule has 3 heterocycles. The standard InChI is InChI=1S/C20H16FN7OS/c1-13-12-17(27(25-13)10-3-9-22)23-20(29)18-24-19(16-4-2-11-30-16)28(26-18)15-7-5-14(21)6-8-15/h2,4-8,11-12H,3,10H2,1H3,(H,23,29). The van der Waals surface area contributed by atoms with Gasteiger partial charge < -0.3 is 5.32 Å². The van der Waals surface area contributed by atoms with Crippen LogP contribution in [-0.4, -0.2) is 30.5 Å². The summed E-state index contributed by atoms with van der Waals surface area (Å²) >= 11 is 1.46. The van der Waals surface area contributed by atoms with Crippen molar-refractivity contribution >= 4 is 23.1 Å². The molecule has 4 rings (SSSR count). The average molecular weight is 421 g/mol. The van der Waals surface area contributed by atoms with Crippen LogP contribution in [0.3, 0.4) is 0 Å². The molecule has 0 aliphatic heterocycles. The number of aryl methyl sites for hydroxylation is 2. The van der Waals surface area contributed by atoms with Crippen LogP contribution in [0.5, 0.6) is 0 Å². The van der Waals surface area contributed by atoms with Crippen LogP contribution in [0.4, 0.5) is 10.2 Å². The van der Waals surface area contributed by atoms with E-state index in [0.29, 0.717) is 29.6 Å². The highest BCUT2D eigenvalue weighted by atomic mass is 32.1. The zero-order valence-corrected chi connectivity index (χ0v) is 16.7. The monoisotopic (exact) mass is 421 g/mol. The van der Waals surface area contributed by atoms with Gasteiger partial charge in [-0.05, 0) is 42.6 Å². The van der Waals surface area contributed by atoms with Gasteiger partial charge in [0.15, 0.2) is 5.82 Å². The van der Waals surface area contributed by atoms with Gasteiger partial charge in [0.25, 0.3) is 5.91 Å². The van der Waals surface area contributed by atoms with Gasteiger partial charge in [-0.15, -0.1) is 16.4 Å². The summed E-state index contributed by atoms with van der Waals surface area (Å²) in [5, 5.41) is 22.1. The first-order valence-corrected chi connectivity index (χ1v) is 9.93. The number of nitrogens with one attached hydrogen (secondary N) is 1. The van der Waals surface area contributed by atoms with Gasteiger partial charge in [-0.25, -0.2) is 18.7 Å². The summed E-state index contributed by atoms with van der Waals surface area (Å²) in [5.74, 6) is 0.0372. The van der Waals surface area contributed by atoms with E-state index in [9.17, 15) is 9.18 Å². The van der Waals surface area contributed by atoms with E-state index in [1.54, 1.807) is 29.8 Å². The molecule has 0 spiro atoms. The lowest BCUT2D eigenvalue weighted by atomic mass is 10.3. The van der Waals surface area contributed by atoms with Crippen molar-refractivity contribution in [3.05, 3.63) is 65.2 Å². The second kappa shape index (κ2) is 8.26. The Balaban J connectivity index is 1.68. The van der Waals surface area contributed by atoms with Gasteiger partial charge >= 0.3 is 0 Å². The molecule has 8 nitrogen and oxygen atoms in total. The summed E-state index contributed by atoms with van der Waals surface area (Å²) in [6.45, 7) is 2.16. The third-order valence-corrected chi connectivity index (χ3v) is 5.07. The summed E-state index contributed by atoms with van der Waals surface area (Å²) < 4.78 is 16.4. The fourth-order valence-corrected chi connectivity index (χ4v) is 3.58. The van der Waals surface area contributed by atoms with E-state index >= 15 is 0 Å². The second-order valence-electron chi connectivity index (χ2n) is 6.38. The van der Waals surface area contributed by atoms with E-state index in [0.717, 1.165) is 4.88 Å². The second-order valence-corrected chi connectivity index (χ2v) is 7.33. The van der Waals surface area contributed by atoms with Crippen LogP contribution < -0.4 is 5.32 Å². The SMILES string of the molecule is Cc1cc(NC(=O)c2nc(-c3cccs3)n(-c3ccc(F)cc3)n2)n(CCC#N)n1. The van der Waals surface area contributed by atoms with Crippen molar-refractivity contribution in [3.63, 3.8) is 0 Å². The Morgan fingerprint density at radius 2 is 2.07 bits per heavy atom. The molecule has 0 aliphatic carbocycles. The number of benzene rings is 1. The minimum atomic E-state index is -0.508. The number of halogens is 1. The molecule has 1 aromatic carbocycles. The van der Waals surface area contributed by atoms with Crippen LogP contribution in [0.2, 0.25) is 0 Å². The van der Waals surface area contributed by atoms with Crippen LogP contribution in [0.25, 0.3) is 16.4 Å². The predicted molar refractivity (Wildman–Crippen MR) is 110 cm³/mol. The number of aromatic nitrogens is 5. The number of amides is 1. The van der Waals surface area contributed by atoms with Crippen molar-refractivity contribution in [2.45, 2.75) is 19.9 Å². The van der Waals surface area contributed by atoms with E-state index in [1.165, 1.54) is 28.2 Å². The van der Waals surface area contributed by atoms with Crippen molar-refractivity contribution in [2.75, 3.05) is 5.32 Å². The lowest BCUT2D eigenvalue weighted by Gasteiger charge is -2.05. The molecule has 4 aromatic rings. The van der Waals surface area contributed by atoms with Gasteiger partial charge in [-0.2, -0.15) is 10.4 Å². The zero-order chi connectivity index (χ0) is 21.1. The highest BCUT2D eigenvalue weighted by Gasteiger charge is 2.21. The molecular formula is C20H16FN7OS. The summed E-state index contributed by atoms with van der Waals surface area (Å²) in [4.78, 5) is 18.1. The zero-order valence-electron chi connectivity index (χ0n) is 15.9. The molecule has 0 bridgehead atoms. The fourth-order valence-electron chi connectivity index (χ4n) is 2.88. The highest BCUT2D eigenvalue weighted by Crippen LogP contribution is 2.26. The Morgan fingerprint density at radius 1 is 1.27 bits per heavy atom. The van der Waals surface area contributed by atoms with E-state index in [1.807, 2.05) is 17.5 Å². The number of nitrogens with zero attached hydrogens (tertiary/aromatic N) is 6. The Bertz CT molecular complexity index is 1220.